The second kappa shape index (κ2) is 9.43. The van der Waals surface area contributed by atoms with E-state index in [0.717, 1.165) is 41.2 Å². The van der Waals surface area contributed by atoms with E-state index in [2.05, 4.69) is 38.3 Å². The molecule has 8 heteroatoms. The van der Waals surface area contributed by atoms with Crippen LogP contribution >= 0.6 is 27.3 Å². The fourth-order valence-corrected chi connectivity index (χ4v) is 4.63. The number of carbonyl (C=O) groups is 2. The number of hydrogen-bond acceptors (Lipinski definition) is 5. The number of rotatable bonds is 6. The lowest BCUT2D eigenvalue weighted by Gasteiger charge is -2.34. The highest BCUT2D eigenvalue weighted by Crippen LogP contribution is 2.24. The van der Waals surface area contributed by atoms with Crippen LogP contribution in [0.5, 0.6) is 5.75 Å². The maximum absolute atomic E-state index is 12.4. The summed E-state index contributed by atoms with van der Waals surface area (Å²) in [5.74, 6) is 0.592. The number of likely N-dealkylation sites (N-methyl/N-ethyl adjacent to an activating group) is 1. The van der Waals surface area contributed by atoms with Crippen molar-refractivity contribution in [2.75, 3.05) is 38.7 Å². The molecule has 0 saturated carbocycles. The Hall–Kier alpha value is -2.06. The molecule has 0 bridgehead atoms. The highest BCUT2D eigenvalue weighted by Gasteiger charge is 2.23. The summed E-state index contributed by atoms with van der Waals surface area (Å²) in [5, 5.41) is 3.07. The van der Waals surface area contributed by atoms with Crippen molar-refractivity contribution in [1.29, 1.82) is 0 Å². The van der Waals surface area contributed by atoms with E-state index in [1.807, 2.05) is 18.2 Å². The SMILES string of the molecule is COc1ccc(N2CCC(NC(=O)CN(C)C(=O)c3ccc(Br)s3)CC2)cc1. The molecule has 0 spiro atoms. The summed E-state index contributed by atoms with van der Waals surface area (Å²) in [6.45, 7) is 1.83. The quantitative estimate of drug-likeness (QED) is 0.709. The molecule has 1 aliphatic rings. The summed E-state index contributed by atoms with van der Waals surface area (Å²) in [6, 6.07) is 11.8. The van der Waals surface area contributed by atoms with Crippen molar-refractivity contribution >= 4 is 44.8 Å². The van der Waals surface area contributed by atoms with E-state index in [4.69, 9.17) is 4.74 Å². The standard InChI is InChI=1S/C20H24BrN3O3S/c1-23(20(26)17-7-8-18(21)28-17)13-19(25)22-14-9-11-24(12-10-14)15-3-5-16(27-2)6-4-15/h3-8,14H,9-13H2,1-2H3,(H,22,25). The average molecular weight is 466 g/mol. The molecule has 1 aromatic carbocycles. The number of carbonyl (C=O) groups excluding carboxylic acids is 2. The summed E-state index contributed by atoms with van der Waals surface area (Å²) in [5.41, 5.74) is 1.16. The van der Waals surface area contributed by atoms with Crippen molar-refractivity contribution in [3.63, 3.8) is 0 Å². The maximum Gasteiger partial charge on any atom is 0.264 e. The van der Waals surface area contributed by atoms with E-state index < -0.39 is 0 Å². The second-order valence-electron chi connectivity index (χ2n) is 6.79. The van der Waals surface area contributed by atoms with Crippen molar-refractivity contribution in [2.45, 2.75) is 18.9 Å². The first-order valence-corrected chi connectivity index (χ1v) is 10.8. The van der Waals surface area contributed by atoms with Crippen LogP contribution in [0, 0.1) is 0 Å². The number of benzene rings is 1. The first kappa shape index (κ1) is 20.7. The molecular formula is C20H24BrN3O3S. The number of thiophene rings is 1. The molecule has 0 radical (unpaired) electrons. The van der Waals surface area contributed by atoms with E-state index in [9.17, 15) is 9.59 Å². The van der Waals surface area contributed by atoms with Crippen LogP contribution < -0.4 is 15.0 Å². The predicted molar refractivity (Wildman–Crippen MR) is 115 cm³/mol. The molecule has 2 aromatic rings. The molecule has 1 aliphatic heterocycles. The second-order valence-corrected chi connectivity index (χ2v) is 9.25. The summed E-state index contributed by atoms with van der Waals surface area (Å²) >= 11 is 4.72. The minimum absolute atomic E-state index is 0.0625. The molecule has 150 valence electrons. The lowest BCUT2D eigenvalue weighted by molar-refractivity contribution is -0.122. The van der Waals surface area contributed by atoms with Gasteiger partial charge in [0.15, 0.2) is 0 Å². The molecule has 1 N–H and O–H groups in total. The molecule has 0 aliphatic carbocycles. The predicted octanol–water partition coefficient (Wildman–Crippen LogP) is 3.38. The Balaban J connectivity index is 1.44. The van der Waals surface area contributed by atoms with Gasteiger partial charge in [-0.3, -0.25) is 9.59 Å². The number of ether oxygens (including phenoxy) is 1. The average Bonchev–Trinajstić information content (AvgIpc) is 3.14. The lowest BCUT2D eigenvalue weighted by Crippen LogP contribution is -2.47. The van der Waals surface area contributed by atoms with Crippen LogP contribution in [0.3, 0.4) is 0 Å². The molecule has 0 atom stereocenters. The van der Waals surface area contributed by atoms with Crippen LogP contribution in [0.25, 0.3) is 0 Å². The first-order chi connectivity index (χ1) is 13.5. The van der Waals surface area contributed by atoms with Gasteiger partial charge in [-0.1, -0.05) is 0 Å². The number of methoxy groups -OCH3 is 1. The Bertz CT molecular complexity index is 816. The van der Waals surface area contributed by atoms with Crippen LogP contribution in [0.1, 0.15) is 22.5 Å². The minimum atomic E-state index is -0.139. The number of nitrogens with one attached hydrogen (secondary N) is 1. The molecular weight excluding hydrogens is 442 g/mol. The summed E-state index contributed by atoms with van der Waals surface area (Å²) in [4.78, 5) is 29.1. The number of hydrogen-bond donors (Lipinski definition) is 1. The zero-order valence-corrected chi connectivity index (χ0v) is 18.4. The zero-order valence-electron chi connectivity index (χ0n) is 16.0. The number of piperidine rings is 1. The molecule has 2 heterocycles. The third-order valence-corrected chi connectivity index (χ3v) is 6.42. The van der Waals surface area contributed by atoms with E-state index in [0.29, 0.717) is 4.88 Å². The maximum atomic E-state index is 12.4. The van der Waals surface area contributed by atoms with Crippen molar-refractivity contribution < 1.29 is 14.3 Å². The Morgan fingerprint density at radius 3 is 2.46 bits per heavy atom. The Morgan fingerprint density at radius 2 is 1.89 bits per heavy atom. The van der Waals surface area contributed by atoms with E-state index in [1.54, 1.807) is 20.2 Å². The van der Waals surface area contributed by atoms with Gasteiger partial charge < -0.3 is 19.9 Å². The highest BCUT2D eigenvalue weighted by molar-refractivity contribution is 9.11. The van der Waals surface area contributed by atoms with Gasteiger partial charge in [-0.15, -0.1) is 11.3 Å². The van der Waals surface area contributed by atoms with Gasteiger partial charge in [0.05, 0.1) is 22.3 Å². The van der Waals surface area contributed by atoms with Crippen LogP contribution in [-0.4, -0.2) is 56.5 Å². The van der Waals surface area contributed by atoms with Gasteiger partial charge in [0.25, 0.3) is 5.91 Å². The molecule has 6 nitrogen and oxygen atoms in total. The first-order valence-electron chi connectivity index (χ1n) is 9.15. The number of amides is 2. The fraction of sp³-hybridized carbons (Fsp3) is 0.400. The Kier molecular flexibility index (Phi) is 6.96. The Morgan fingerprint density at radius 1 is 1.21 bits per heavy atom. The van der Waals surface area contributed by atoms with Crippen LogP contribution in [-0.2, 0) is 4.79 Å². The van der Waals surface area contributed by atoms with Gasteiger partial charge in [0, 0.05) is 31.9 Å². The van der Waals surface area contributed by atoms with Crippen LogP contribution in [0.2, 0.25) is 0 Å². The summed E-state index contributed by atoms with van der Waals surface area (Å²) in [7, 11) is 3.31. The number of nitrogens with zero attached hydrogens (tertiary/aromatic N) is 2. The highest BCUT2D eigenvalue weighted by atomic mass is 79.9. The van der Waals surface area contributed by atoms with Gasteiger partial charge in [-0.25, -0.2) is 0 Å². The van der Waals surface area contributed by atoms with Gasteiger partial charge in [0.1, 0.15) is 5.75 Å². The van der Waals surface area contributed by atoms with Crippen LogP contribution in [0.15, 0.2) is 40.2 Å². The molecule has 1 fully saturated rings. The zero-order chi connectivity index (χ0) is 20.1. The van der Waals surface area contributed by atoms with Gasteiger partial charge in [-0.2, -0.15) is 0 Å². The molecule has 0 unspecified atom stereocenters. The molecule has 1 saturated heterocycles. The van der Waals surface area contributed by atoms with Gasteiger partial charge >= 0.3 is 0 Å². The van der Waals surface area contributed by atoms with E-state index in [1.165, 1.54) is 16.2 Å². The fourth-order valence-electron chi connectivity index (χ4n) is 3.25. The summed E-state index contributed by atoms with van der Waals surface area (Å²) in [6.07, 6.45) is 1.76. The normalized spacial score (nSPS) is 14.6. The molecule has 1 aromatic heterocycles. The number of halogens is 1. The van der Waals surface area contributed by atoms with Crippen molar-refractivity contribution in [3.8, 4) is 5.75 Å². The van der Waals surface area contributed by atoms with Crippen molar-refractivity contribution in [2.24, 2.45) is 0 Å². The third kappa shape index (κ3) is 5.26. The smallest absolute Gasteiger partial charge is 0.264 e. The number of anilines is 1. The third-order valence-electron chi connectivity index (χ3n) is 4.81. The molecule has 28 heavy (non-hydrogen) atoms. The lowest BCUT2D eigenvalue weighted by atomic mass is 10.0. The van der Waals surface area contributed by atoms with Crippen molar-refractivity contribution in [3.05, 3.63) is 45.1 Å². The van der Waals surface area contributed by atoms with Crippen molar-refractivity contribution in [1.82, 2.24) is 10.2 Å². The monoisotopic (exact) mass is 465 g/mol. The molecule has 2 amide bonds. The largest absolute Gasteiger partial charge is 0.497 e. The summed E-state index contributed by atoms with van der Waals surface area (Å²) < 4.78 is 6.10. The van der Waals surface area contributed by atoms with Gasteiger partial charge in [0.2, 0.25) is 5.91 Å². The minimum Gasteiger partial charge on any atom is -0.497 e. The van der Waals surface area contributed by atoms with E-state index in [-0.39, 0.29) is 24.4 Å². The topological polar surface area (TPSA) is 61.9 Å². The van der Waals surface area contributed by atoms with Crippen LogP contribution in [0.4, 0.5) is 5.69 Å². The van der Waals surface area contributed by atoms with E-state index >= 15 is 0 Å². The molecule has 3 rings (SSSR count). The van der Waals surface area contributed by atoms with Gasteiger partial charge in [-0.05, 0) is 65.2 Å². The Labute approximate surface area is 177 Å².